The van der Waals surface area contributed by atoms with E-state index >= 15 is 0 Å². The Hall–Kier alpha value is -1.26. The predicted octanol–water partition coefficient (Wildman–Crippen LogP) is 4.80. The first kappa shape index (κ1) is 12.8. The average molecular weight is 380 g/mol. The van der Waals surface area contributed by atoms with E-state index in [1.165, 1.54) is 10.9 Å². The molecule has 3 aromatic rings. The number of halogens is 2. The van der Waals surface area contributed by atoms with Crippen LogP contribution in [0.5, 0.6) is 0 Å². The maximum Gasteiger partial charge on any atom is 0.0507 e. The van der Waals surface area contributed by atoms with Crippen LogP contribution in [0.4, 0.5) is 5.69 Å². The Bertz CT molecular complexity index is 727. The zero-order valence-electron chi connectivity index (χ0n) is 10.1. The summed E-state index contributed by atoms with van der Waals surface area (Å²) in [6, 6.07) is 14.3. The first-order valence-electron chi connectivity index (χ1n) is 5.92. The third-order valence-electron chi connectivity index (χ3n) is 3.22. The molecular weight excluding hydrogens is 368 g/mol. The van der Waals surface area contributed by atoms with Gasteiger partial charge in [0.15, 0.2) is 0 Å². The van der Waals surface area contributed by atoms with E-state index < -0.39 is 0 Å². The van der Waals surface area contributed by atoms with Crippen molar-refractivity contribution in [3.8, 4) is 0 Å². The highest BCUT2D eigenvalue weighted by atomic mass is 79.9. The zero-order valence-corrected chi connectivity index (χ0v) is 13.3. The fourth-order valence-corrected chi connectivity index (χ4v) is 3.11. The maximum atomic E-state index is 6.06. The van der Waals surface area contributed by atoms with Crippen molar-refractivity contribution in [2.24, 2.45) is 0 Å². The number of hydrogen-bond donors (Lipinski definition) is 1. The van der Waals surface area contributed by atoms with Gasteiger partial charge in [-0.3, -0.25) is 0 Å². The minimum atomic E-state index is 0.762. The first-order chi connectivity index (χ1) is 9.15. The summed E-state index contributed by atoms with van der Waals surface area (Å²) in [7, 11) is 0. The molecule has 96 valence electrons. The van der Waals surface area contributed by atoms with Gasteiger partial charge in [0.2, 0.25) is 0 Å². The van der Waals surface area contributed by atoms with Gasteiger partial charge in [0.05, 0.1) is 6.54 Å². The van der Waals surface area contributed by atoms with Gasteiger partial charge in [-0.15, -0.1) is 0 Å². The Morgan fingerprint density at radius 2 is 1.89 bits per heavy atom. The lowest BCUT2D eigenvalue weighted by Gasteiger charge is -2.10. The second-order valence-corrected chi connectivity index (χ2v) is 6.22. The number of aromatic nitrogens is 1. The monoisotopic (exact) mass is 378 g/mol. The van der Waals surface area contributed by atoms with Crippen LogP contribution in [-0.4, -0.2) is 4.57 Å². The van der Waals surface area contributed by atoms with E-state index in [1.54, 1.807) is 0 Å². The predicted molar refractivity (Wildman–Crippen MR) is 87.3 cm³/mol. The Labute approximate surface area is 128 Å². The minimum absolute atomic E-state index is 0.762. The molecule has 0 radical (unpaired) electrons. The largest absolute Gasteiger partial charge is 0.398 e. The van der Waals surface area contributed by atoms with Crippen LogP contribution in [0.2, 0.25) is 0 Å². The van der Waals surface area contributed by atoms with Crippen molar-refractivity contribution < 1.29 is 0 Å². The van der Waals surface area contributed by atoms with Crippen molar-refractivity contribution >= 4 is 48.5 Å². The molecule has 2 nitrogen and oxygen atoms in total. The molecule has 0 saturated heterocycles. The first-order valence-corrected chi connectivity index (χ1v) is 7.51. The molecule has 0 aliphatic carbocycles. The number of nitrogens with zero attached hydrogens (tertiary/aromatic N) is 1. The molecule has 1 heterocycles. The van der Waals surface area contributed by atoms with Gasteiger partial charge in [-0.1, -0.05) is 37.9 Å². The summed E-state index contributed by atoms with van der Waals surface area (Å²) in [5.74, 6) is 0. The summed E-state index contributed by atoms with van der Waals surface area (Å²) in [5, 5.41) is 1.22. The molecule has 0 unspecified atom stereocenters. The molecule has 1 aromatic heterocycles. The van der Waals surface area contributed by atoms with Crippen molar-refractivity contribution in [2.45, 2.75) is 6.54 Å². The molecule has 0 fully saturated rings. The lowest BCUT2D eigenvalue weighted by molar-refractivity contribution is 0.835. The standard InChI is InChI=1S/C15H12Br2N2/c16-11-4-5-15-10(8-11)6-7-19(15)9-12-13(17)2-1-3-14(12)18/h1-8H,9,18H2. The van der Waals surface area contributed by atoms with Gasteiger partial charge in [-0.05, 0) is 36.4 Å². The van der Waals surface area contributed by atoms with E-state index in [2.05, 4.69) is 66.9 Å². The third kappa shape index (κ3) is 2.42. The Morgan fingerprint density at radius 3 is 2.68 bits per heavy atom. The summed E-state index contributed by atoms with van der Waals surface area (Å²) < 4.78 is 4.35. The zero-order chi connectivity index (χ0) is 13.4. The number of nitrogen functional groups attached to an aromatic ring is 1. The van der Waals surface area contributed by atoms with Crippen LogP contribution in [0.25, 0.3) is 10.9 Å². The fourth-order valence-electron chi connectivity index (χ4n) is 2.22. The topological polar surface area (TPSA) is 30.9 Å². The summed E-state index contributed by atoms with van der Waals surface area (Å²) >= 11 is 7.06. The van der Waals surface area contributed by atoms with Gasteiger partial charge in [-0.2, -0.15) is 0 Å². The molecule has 2 N–H and O–H groups in total. The summed E-state index contributed by atoms with van der Waals surface area (Å²) in [6.45, 7) is 0.762. The van der Waals surface area contributed by atoms with E-state index in [9.17, 15) is 0 Å². The van der Waals surface area contributed by atoms with Gasteiger partial charge >= 0.3 is 0 Å². The average Bonchev–Trinajstić information content (AvgIpc) is 2.76. The molecule has 19 heavy (non-hydrogen) atoms. The highest BCUT2D eigenvalue weighted by Crippen LogP contribution is 2.26. The van der Waals surface area contributed by atoms with Crippen molar-refractivity contribution in [1.82, 2.24) is 4.57 Å². The van der Waals surface area contributed by atoms with E-state index in [0.29, 0.717) is 0 Å². The van der Waals surface area contributed by atoms with Crippen LogP contribution in [0.3, 0.4) is 0 Å². The highest BCUT2D eigenvalue weighted by Gasteiger charge is 2.07. The quantitative estimate of drug-likeness (QED) is 0.637. The summed E-state index contributed by atoms with van der Waals surface area (Å²) in [6.07, 6.45) is 2.09. The molecule has 0 saturated carbocycles. The molecule has 0 amide bonds. The van der Waals surface area contributed by atoms with Crippen LogP contribution in [0.15, 0.2) is 57.6 Å². The van der Waals surface area contributed by atoms with Gasteiger partial charge in [0.25, 0.3) is 0 Å². The summed E-state index contributed by atoms with van der Waals surface area (Å²) in [5.41, 5.74) is 9.19. The minimum Gasteiger partial charge on any atom is -0.398 e. The van der Waals surface area contributed by atoms with E-state index in [0.717, 1.165) is 26.7 Å². The number of fused-ring (bicyclic) bond motifs is 1. The number of nitrogens with two attached hydrogens (primary N) is 1. The number of anilines is 1. The van der Waals surface area contributed by atoms with E-state index in [-0.39, 0.29) is 0 Å². The molecule has 0 spiro atoms. The van der Waals surface area contributed by atoms with Crippen molar-refractivity contribution in [1.29, 1.82) is 0 Å². The Balaban J connectivity index is 2.06. The van der Waals surface area contributed by atoms with Crippen LogP contribution in [-0.2, 0) is 6.54 Å². The van der Waals surface area contributed by atoms with Crippen molar-refractivity contribution in [3.05, 3.63) is 63.2 Å². The second-order valence-electron chi connectivity index (χ2n) is 4.45. The smallest absolute Gasteiger partial charge is 0.0507 e. The number of hydrogen-bond acceptors (Lipinski definition) is 1. The fraction of sp³-hybridized carbons (Fsp3) is 0.0667. The molecule has 0 atom stereocenters. The molecule has 3 rings (SSSR count). The summed E-state index contributed by atoms with van der Waals surface area (Å²) in [4.78, 5) is 0. The molecule has 0 bridgehead atoms. The maximum absolute atomic E-state index is 6.06. The SMILES string of the molecule is Nc1cccc(Br)c1Cn1ccc2cc(Br)ccc21. The van der Waals surface area contributed by atoms with Gasteiger partial charge in [0, 0.05) is 37.3 Å². The molecule has 2 aromatic carbocycles. The third-order valence-corrected chi connectivity index (χ3v) is 4.45. The highest BCUT2D eigenvalue weighted by molar-refractivity contribution is 9.10. The van der Waals surface area contributed by atoms with Crippen molar-refractivity contribution in [3.63, 3.8) is 0 Å². The van der Waals surface area contributed by atoms with Crippen molar-refractivity contribution in [2.75, 3.05) is 5.73 Å². The van der Waals surface area contributed by atoms with Crippen LogP contribution in [0, 0.1) is 0 Å². The van der Waals surface area contributed by atoms with Crippen LogP contribution >= 0.6 is 31.9 Å². The second kappa shape index (κ2) is 5.02. The normalized spacial score (nSPS) is 11.1. The Morgan fingerprint density at radius 1 is 1.05 bits per heavy atom. The van der Waals surface area contributed by atoms with Crippen LogP contribution in [0.1, 0.15) is 5.56 Å². The Kier molecular flexibility index (Phi) is 3.37. The van der Waals surface area contributed by atoms with Gasteiger partial charge in [-0.25, -0.2) is 0 Å². The van der Waals surface area contributed by atoms with Gasteiger partial charge < -0.3 is 10.3 Å². The molecular formula is C15H12Br2N2. The van der Waals surface area contributed by atoms with E-state index in [4.69, 9.17) is 5.73 Å². The molecule has 0 aliphatic heterocycles. The molecule has 0 aliphatic rings. The lowest BCUT2D eigenvalue weighted by atomic mass is 10.2. The number of rotatable bonds is 2. The van der Waals surface area contributed by atoms with E-state index in [1.807, 2.05) is 18.2 Å². The number of benzene rings is 2. The van der Waals surface area contributed by atoms with Gasteiger partial charge in [0.1, 0.15) is 0 Å². The van der Waals surface area contributed by atoms with Crippen LogP contribution < -0.4 is 5.73 Å². The molecule has 4 heteroatoms. The lowest BCUT2D eigenvalue weighted by Crippen LogP contribution is -2.02.